The van der Waals surface area contributed by atoms with Crippen LogP contribution < -0.4 is 0 Å². The number of unbranched alkanes of at least 4 members (excludes halogenated alkanes) is 1. The molecule has 0 aromatic rings. The molecule has 1 fully saturated rings. The first-order chi connectivity index (χ1) is 8.13. The van der Waals surface area contributed by atoms with E-state index < -0.39 is 0 Å². The zero-order valence-corrected chi connectivity index (χ0v) is 12.7. The maximum atomic E-state index is 11.9. The van der Waals surface area contributed by atoms with Gasteiger partial charge in [0, 0.05) is 31.4 Å². The van der Waals surface area contributed by atoms with Crippen molar-refractivity contribution in [2.45, 2.75) is 32.1 Å². The molecule has 1 aliphatic rings. The predicted molar refractivity (Wildman–Crippen MR) is 75.5 cm³/mol. The van der Waals surface area contributed by atoms with Gasteiger partial charge in [-0.15, -0.1) is 0 Å². The third kappa shape index (κ3) is 5.87. The number of carbonyl (C=O) groups excluding carboxylic acids is 1. The van der Waals surface area contributed by atoms with Gasteiger partial charge in [0.15, 0.2) is 0 Å². The predicted octanol–water partition coefficient (Wildman–Crippen LogP) is 2.35. The fraction of sp³-hybridized carbons (Fsp3) is 0.923. The van der Waals surface area contributed by atoms with E-state index in [-0.39, 0.29) is 0 Å². The molecule has 17 heavy (non-hydrogen) atoms. The van der Waals surface area contributed by atoms with Gasteiger partial charge in [0.05, 0.1) is 0 Å². The number of carbonyl (C=O) groups is 1. The fourth-order valence-electron chi connectivity index (χ4n) is 2.41. The monoisotopic (exact) mass is 304 g/mol. The molecule has 100 valence electrons. The Morgan fingerprint density at radius 2 is 1.94 bits per heavy atom. The number of rotatable bonds is 6. The van der Waals surface area contributed by atoms with Crippen molar-refractivity contribution in [3.05, 3.63) is 0 Å². The van der Waals surface area contributed by atoms with Crippen LogP contribution in [0.4, 0.5) is 0 Å². The Hall–Kier alpha value is -0.0900. The SMILES string of the molecule is CN(C)CC1CCN(C(=O)CCCCBr)CC1. The maximum absolute atomic E-state index is 11.9. The van der Waals surface area contributed by atoms with Crippen molar-refractivity contribution in [3.8, 4) is 0 Å². The molecule has 0 aromatic carbocycles. The lowest BCUT2D eigenvalue weighted by molar-refractivity contribution is -0.132. The molecule has 0 aromatic heterocycles. The number of piperidine rings is 1. The second-order valence-electron chi connectivity index (χ2n) is 5.23. The van der Waals surface area contributed by atoms with E-state index >= 15 is 0 Å². The fourth-order valence-corrected chi connectivity index (χ4v) is 2.81. The summed E-state index contributed by atoms with van der Waals surface area (Å²) >= 11 is 3.40. The highest BCUT2D eigenvalue weighted by Gasteiger charge is 2.22. The second kappa shape index (κ2) is 8.09. The van der Waals surface area contributed by atoms with Crippen LogP contribution in [0, 0.1) is 5.92 Å². The number of hydrogen-bond acceptors (Lipinski definition) is 2. The average molecular weight is 305 g/mol. The van der Waals surface area contributed by atoms with E-state index in [4.69, 9.17) is 0 Å². The Bertz CT molecular complexity index is 225. The minimum atomic E-state index is 0.356. The third-order valence-corrected chi connectivity index (χ3v) is 3.93. The van der Waals surface area contributed by atoms with E-state index in [1.165, 1.54) is 12.8 Å². The average Bonchev–Trinajstić information content (AvgIpc) is 2.29. The topological polar surface area (TPSA) is 23.6 Å². The van der Waals surface area contributed by atoms with E-state index in [0.29, 0.717) is 5.91 Å². The zero-order chi connectivity index (χ0) is 12.7. The van der Waals surface area contributed by atoms with Crippen molar-refractivity contribution in [3.63, 3.8) is 0 Å². The summed E-state index contributed by atoms with van der Waals surface area (Å²) in [6.07, 6.45) is 5.18. The summed E-state index contributed by atoms with van der Waals surface area (Å²) in [6, 6.07) is 0. The van der Waals surface area contributed by atoms with Gasteiger partial charge < -0.3 is 9.80 Å². The minimum Gasteiger partial charge on any atom is -0.343 e. The molecule has 0 aliphatic carbocycles. The summed E-state index contributed by atoms with van der Waals surface area (Å²) in [6.45, 7) is 3.09. The van der Waals surface area contributed by atoms with Gasteiger partial charge in [0.2, 0.25) is 5.91 Å². The third-order valence-electron chi connectivity index (χ3n) is 3.36. The van der Waals surface area contributed by atoms with Crippen LogP contribution in [-0.4, -0.2) is 54.8 Å². The van der Waals surface area contributed by atoms with Gasteiger partial charge >= 0.3 is 0 Å². The van der Waals surface area contributed by atoms with E-state index in [1.54, 1.807) is 0 Å². The lowest BCUT2D eigenvalue weighted by Crippen LogP contribution is -2.40. The summed E-state index contributed by atoms with van der Waals surface area (Å²) in [5.41, 5.74) is 0. The Morgan fingerprint density at radius 1 is 1.29 bits per heavy atom. The first-order valence-corrected chi connectivity index (χ1v) is 7.74. The van der Waals surface area contributed by atoms with Gasteiger partial charge in [0.25, 0.3) is 0 Å². The quantitative estimate of drug-likeness (QED) is 0.555. The maximum Gasteiger partial charge on any atom is 0.222 e. The molecular weight excluding hydrogens is 280 g/mol. The molecule has 1 aliphatic heterocycles. The van der Waals surface area contributed by atoms with E-state index in [9.17, 15) is 4.79 Å². The van der Waals surface area contributed by atoms with E-state index in [2.05, 4.69) is 39.8 Å². The second-order valence-corrected chi connectivity index (χ2v) is 6.03. The number of likely N-dealkylation sites (tertiary alicyclic amines) is 1. The van der Waals surface area contributed by atoms with Crippen LogP contribution in [-0.2, 0) is 4.79 Å². The van der Waals surface area contributed by atoms with Crippen LogP contribution in [0.5, 0.6) is 0 Å². The molecule has 1 heterocycles. The molecule has 0 bridgehead atoms. The molecule has 1 amide bonds. The van der Waals surface area contributed by atoms with Crippen molar-refractivity contribution in [1.82, 2.24) is 9.80 Å². The Labute approximate surface area is 114 Å². The number of amides is 1. The molecule has 0 spiro atoms. The van der Waals surface area contributed by atoms with Gasteiger partial charge in [0.1, 0.15) is 0 Å². The molecule has 0 atom stereocenters. The lowest BCUT2D eigenvalue weighted by Gasteiger charge is -2.33. The van der Waals surface area contributed by atoms with Crippen LogP contribution >= 0.6 is 15.9 Å². The Morgan fingerprint density at radius 3 is 2.47 bits per heavy atom. The number of nitrogens with zero attached hydrogens (tertiary/aromatic N) is 2. The molecule has 1 rings (SSSR count). The lowest BCUT2D eigenvalue weighted by atomic mass is 9.96. The molecule has 3 nitrogen and oxygen atoms in total. The highest BCUT2D eigenvalue weighted by atomic mass is 79.9. The van der Waals surface area contributed by atoms with Gasteiger partial charge in [-0.3, -0.25) is 4.79 Å². The number of hydrogen-bond donors (Lipinski definition) is 0. The summed E-state index contributed by atoms with van der Waals surface area (Å²) < 4.78 is 0. The number of halogens is 1. The minimum absolute atomic E-state index is 0.356. The molecule has 0 unspecified atom stereocenters. The van der Waals surface area contributed by atoms with Crippen molar-refractivity contribution in [2.75, 3.05) is 39.1 Å². The Kier molecular flexibility index (Phi) is 7.12. The zero-order valence-electron chi connectivity index (χ0n) is 11.1. The summed E-state index contributed by atoms with van der Waals surface area (Å²) in [7, 11) is 4.25. The molecule has 0 N–H and O–H groups in total. The molecule has 1 saturated heterocycles. The summed E-state index contributed by atoms with van der Waals surface area (Å²) in [5.74, 6) is 1.13. The Balaban J connectivity index is 2.19. The van der Waals surface area contributed by atoms with Gasteiger partial charge in [-0.1, -0.05) is 15.9 Å². The normalized spacial score (nSPS) is 17.8. The first kappa shape index (κ1) is 15.0. The highest BCUT2D eigenvalue weighted by Crippen LogP contribution is 2.18. The van der Waals surface area contributed by atoms with E-state index in [0.717, 1.165) is 50.1 Å². The van der Waals surface area contributed by atoms with Crippen LogP contribution in [0.15, 0.2) is 0 Å². The van der Waals surface area contributed by atoms with Crippen molar-refractivity contribution in [1.29, 1.82) is 0 Å². The largest absolute Gasteiger partial charge is 0.343 e. The van der Waals surface area contributed by atoms with Gasteiger partial charge in [-0.25, -0.2) is 0 Å². The summed E-state index contributed by atoms with van der Waals surface area (Å²) in [5, 5.41) is 1.01. The highest BCUT2D eigenvalue weighted by molar-refractivity contribution is 9.09. The number of alkyl halides is 1. The van der Waals surface area contributed by atoms with Gasteiger partial charge in [-0.05, 0) is 45.7 Å². The van der Waals surface area contributed by atoms with Crippen molar-refractivity contribution in [2.24, 2.45) is 5.92 Å². The van der Waals surface area contributed by atoms with E-state index in [1.807, 2.05) is 0 Å². The first-order valence-electron chi connectivity index (χ1n) is 6.62. The smallest absolute Gasteiger partial charge is 0.222 e. The molecule has 4 heteroatoms. The van der Waals surface area contributed by atoms with Crippen LogP contribution in [0.25, 0.3) is 0 Å². The van der Waals surface area contributed by atoms with Gasteiger partial charge in [-0.2, -0.15) is 0 Å². The van der Waals surface area contributed by atoms with Crippen molar-refractivity contribution < 1.29 is 4.79 Å². The van der Waals surface area contributed by atoms with Crippen LogP contribution in [0.2, 0.25) is 0 Å². The van der Waals surface area contributed by atoms with Crippen molar-refractivity contribution >= 4 is 21.8 Å². The molecule has 0 saturated carbocycles. The molecule has 0 radical (unpaired) electrons. The van der Waals surface area contributed by atoms with Crippen LogP contribution in [0.1, 0.15) is 32.1 Å². The summed E-state index contributed by atoms with van der Waals surface area (Å²) in [4.78, 5) is 16.2. The van der Waals surface area contributed by atoms with Crippen LogP contribution in [0.3, 0.4) is 0 Å². The molecular formula is C13H25BrN2O. The standard InChI is InChI=1S/C13H25BrN2O/c1-15(2)11-12-6-9-16(10-7-12)13(17)5-3-4-8-14/h12H,3-11H2,1-2H3.